The molecule has 128 valence electrons. The molecule has 0 radical (unpaired) electrons. The van der Waals surface area contributed by atoms with E-state index in [1.165, 1.54) is 0 Å². The van der Waals surface area contributed by atoms with E-state index in [0.717, 1.165) is 5.56 Å². The van der Waals surface area contributed by atoms with Crippen molar-refractivity contribution >= 4 is 6.03 Å². The van der Waals surface area contributed by atoms with E-state index in [4.69, 9.17) is 4.52 Å². The highest BCUT2D eigenvalue weighted by Crippen LogP contribution is 2.32. The van der Waals surface area contributed by atoms with Gasteiger partial charge in [0.1, 0.15) is 0 Å². The molecule has 0 unspecified atom stereocenters. The first kappa shape index (κ1) is 16.5. The Balaban J connectivity index is 1.72. The standard InChI is InChI=1S/C18H24N4O2/c1-12-10-22(17(23)20-18(2,3)4)11-14(12)16-19-15(21-24-16)13-8-6-5-7-9-13/h5-9,12,14H,10-11H2,1-4H3,(H,20,23)/t12-,14-/m0/s1. The third-order valence-electron chi connectivity index (χ3n) is 4.17. The van der Waals surface area contributed by atoms with Crippen LogP contribution in [0.2, 0.25) is 0 Å². The maximum Gasteiger partial charge on any atom is 0.317 e. The molecule has 0 spiro atoms. The third kappa shape index (κ3) is 3.58. The number of hydrogen-bond donors (Lipinski definition) is 1. The highest BCUT2D eigenvalue weighted by Gasteiger charge is 2.37. The summed E-state index contributed by atoms with van der Waals surface area (Å²) < 4.78 is 5.48. The second-order valence-electron chi connectivity index (χ2n) is 7.49. The van der Waals surface area contributed by atoms with Crippen LogP contribution in [0.15, 0.2) is 34.9 Å². The molecule has 2 atom stereocenters. The van der Waals surface area contributed by atoms with E-state index < -0.39 is 0 Å². The SMILES string of the molecule is C[C@H]1CN(C(=O)NC(C)(C)C)C[C@@H]1c1nc(-c2ccccc2)no1. The van der Waals surface area contributed by atoms with E-state index in [0.29, 0.717) is 24.8 Å². The van der Waals surface area contributed by atoms with E-state index in [9.17, 15) is 4.79 Å². The first-order chi connectivity index (χ1) is 11.3. The highest BCUT2D eigenvalue weighted by molar-refractivity contribution is 5.75. The lowest BCUT2D eigenvalue weighted by atomic mass is 9.98. The molecule has 0 bridgehead atoms. The van der Waals surface area contributed by atoms with Crippen molar-refractivity contribution in [1.82, 2.24) is 20.4 Å². The molecule has 1 aliphatic heterocycles. The number of nitrogens with one attached hydrogen (secondary N) is 1. The lowest BCUT2D eigenvalue weighted by Crippen LogP contribution is -2.47. The number of nitrogens with zero attached hydrogens (tertiary/aromatic N) is 3. The van der Waals surface area contributed by atoms with Crippen molar-refractivity contribution in [2.75, 3.05) is 13.1 Å². The number of carbonyl (C=O) groups is 1. The topological polar surface area (TPSA) is 71.3 Å². The Morgan fingerprint density at radius 2 is 1.96 bits per heavy atom. The summed E-state index contributed by atoms with van der Waals surface area (Å²) in [7, 11) is 0. The van der Waals surface area contributed by atoms with Gasteiger partial charge in [-0.2, -0.15) is 4.98 Å². The van der Waals surface area contributed by atoms with Crippen molar-refractivity contribution < 1.29 is 9.32 Å². The first-order valence-electron chi connectivity index (χ1n) is 8.29. The Labute approximate surface area is 142 Å². The molecule has 6 nitrogen and oxygen atoms in total. The summed E-state index contributed by atoms with van der Waals surface area (Å²) in [6.07, 6.45) is 0. The predicted molar refractivity (Wildman–Crippen MR) is 91.5 cm³/mol. The molecular weight excluding hydrogens is 304 g/mol. The van der Waals surface area contributed by atoms with Gasteiger partial charge in [-0.05, 0) is 26.7 Å². The van der Waals surface area contributed by atoms with E-state index in [1.807, 2.05) is 56.0 Å². The minimum absolute atomic E-state index is 0.0420. The van der Waals surface area contributed by atoms with Crippen LogP contribution in [0.25, 0.3) is 11.4 Å². The third-order valence-corrected chi connectivity index (χ3v) is 4.17. The number of likely N-dealkylation sites (tertiary alicyclic amines) is 1. The van der Waals surface area contributed by atoms with Gasteiger partial charge in [0.15, 0.2) is 0 Å². The monoisotopic (exact) mass is 328 g/mol. The zero-order valence-corrected chi connectivity index (χ0v) is 14.6. The smallest absolute Gasteiger partial charge is 0.317 e. The Kier molecular flexibility index (Phi) is 4.30. The second kappa shape index (κ2) is 6.26. The molecule has 0 saturated carbocycles. The average Bonchev–Trinajstić information content (AvgIpc) is 3.13. The van der Waals surface area contributed by atoms with Crippen molar-refractivity contribution in [3.05, 3.63) is 36.2 Å². The zero-order valence-electron chi connectivity index (χ0n) is 14.6. The Morgan fingerprint density at radius 1 is 1.25 bits per heavy atom. The number of urea groups is 1. The molecule has 2 aromatic rings. The fourth-order valence-corrected chi connectivity index (χ4v) is 2.94. The number of benzene rings is 1. The summed E-state index contributed by atoms with van der Waals surface area (Å²) in [4.78, 5) is 18.7. The first-order valence-corrected chi connectivity index (χ1v) is 8.29. The van der Waals surface area contributed by atoms with Gasteiger partial charge in [0.2, 0.25) is 11.7 Å². The zero-order chi connectivity index (χ0) is 17.3. The molecule has 1 N–H and O–H groups in total. The predicted octanol–water partition coefficient (Wildman–Crippen LogP) is 3.28. The fourth-order valence-electron chi connectivity index (χ4n) is 2.94. The van der Waals surface area contributed by atoms with Crippen LogP contribution in [-0.4, -0.2) is 39.7 Å². The number of rotatable bonds is 2. The minimum atomic E-state index is -0.247. The second-order valence-corrected chi connectivity index (χ2v) is 7.49. The molecule has 1 aromatic heterocycles. The van der Waals surface area contributed by atoms with Crippen LogP contribution in [0, 0.1) is 5.92 Å². The quantitative estimate of drug-likeness (QED) is 0.918. The fraction of sp³-hybridized carbons (Fsp3) is 0.500. The minimum Gasteiger partial charge on any atom is -0.339 e. The van der Waals surface area contributed by atoms with E-state index >= 15 is 0 Å². The van der Waals surface area contributed by atoms with E-state index in [1.54, 1.807) is 0 Å². The van der Waals surface area contributed by atoms with Gasteiger partial charge in [-0.3, -0.25) is 0 Å². The van der Waals surface area contributed by atoms with Crippen LogP contribution in [0.3, 0.4) is 0 Å². The Hall–Kier alpha value is -2.37. The largest absolute Gasteiger partial charge is 0.339 e. The van der Waals surface area contributed by atoms with E-state index in [2.05, 4.69) is 22.4 Å². The summed E-state index contributed by atoms with van der Waals surface area (Å²) in [5, 5.41) is 7.09. The van der Waals surface area contributed by atoms with Gasteiger partial charge < -0.3 is 14.7 Å². The molecule has 3 rings (SSSR count). The van der Waals surface area contributed by atoms with Gasteiger partial charge in [0.05, 0.1) is 5.92 Å². The maximum atomic E-state index is 12.4. The summed E-state index contributed by atoms with van der Waals surface area (Å²) in [5.74, 6) is 1.54. The molecular formula is C18H24N4O2. The molecule has 1 saturated heterocycles. The maximum absolute atomic E-state index is 12.4. The molecule has 24 heavy (non-hydrogen) atoms. The van der Waals surface area contributed by atoms with Gasteiger partial charge in [-0.25, -0.2) is 4.79 Å². The lowest BCUT2D eigenvalue weighted by molar-refractivity contribution is 0.197. The molecule has 1 fully saturated rings. The lowest BCUT2D eigenvalue weighted by Gasteiger charge is -2.25. The molecule has 1 aromatic carbocycles. The molecule has 2 heterocycles. The normalized spacial score (nSPS) is 21.1. The average molecular weight is 328 g/mol. The summed E-state index contributed by atoms with van der Waals surface area (Å²) in [6.45, 7) is 9.33. The summed E-state index contributed by atoms with van der Waals surface area (Å²) in [5.41, 5.74) is 0.684. The Morgan fingerprint density at radius 3 is 2.62 bits per heavy atom. The van der Waals surface area contributed by atoms with E-state index in [-0.39, 0.29) is 23.4 Å². The molecule has 6 heteroatoms. The molecule has 1 aliphatic rings. The summed E-state index contributed by atoms with van der Waals surface area (Å²) in [6, 6.07) is 9.71. The van der Waals surface area contributed by atoms with Crippen molar-refractivity contribution in [2.45, 2.75) is 39.2 Å². The van der Waals surface area contributed by atoms with Crippen molar-refractivity contribution in [2.24, 2.45) is 5.92 Å². The number of aromatic nitrogens is 2. The van der Waals surface area contributed by atoms with Gasteiger partial charge in [-0.15, -0.1) is 0 Å². The van der Waals surface area contributed by atoms with Gasteiger partial charge in [0, 0.05) is 24.2 Å². The van der Waals surface area contributed by atoms with Crippen LogP contribution < -0.4 is 5.32 Å². The molecule has 2 amide bonds. The summed E-state index contributed by atoms with van der Waals surface area (Å²) >= 11 is 0. The number of carbonyl (C=O) groups excluding carboxylic acids is 1. The van der Waals surface area contributed by atoms with Crippen molar-refractivity contribution in [3.8, 4) is 11.4 Å². The van der Waals surface area contributed by atoms with Crippen LogP contribution in [0.4, 0.5) is 4.79 Å². The van der Waals surface area contributed by atoms with Crippen LogP contribution in [0.1, 0.15) is 39.5 Å². The highest BCUT2D eigenvalue weighted by atomic mass is 16.5. The van der Waals surface area contributed by atoms with Gasteiger partial charge in [-0.1, -0.05) is 42.4 Å². The van der Waals surface area contributed by atoms with Gasteiger partial charge >= 0.3 is 6.03 Å². The van der Waals surface area contributed by atoms with Crippen LogP contribution in [0.5, 0.6) is 0 Å². The number of hydrogen-bond acceptors (Lipinski definition) is 4. The van der Waals surface area contributed by atoms with Crippen LogP contribution in [-0.2, 0) is 0 Å². The van der Waals surface area contributed by atoms with Crippen molar-refractivity contribution in [3.63, 3.8) is 0 Å². The Bertz CT molecular complexity index is 705. The van der Waals surface area contributed by atoms with Crippen molar-refractivity contribution in [1.29, 1.82) is 0 Å². The van der Waals surface area contributed by atoms with Gasteiger partial charge in [0.25, 0.3) is 0 Å². The number of amides is 2. The molecule has 0 aliphatic carbocycles. The van der Waals surface area contributed by atoms with Crippen LogP contribution >= 0.6 is 0 Å².